The van der Waals surface area contributed by atoms with Gasteiger partial charge in [0.1, 0.15) is 17.2 Å². The largest absolute Gasteiger partial charge is 0.508 e. The molecule has 0 radical (unpaired) electrons. The van der Waals surface area contributed by atoms with Crippen LogP contribution in [-0.4, -0.2) is 23.3 Å². The van der Waals surface area contributed by atoms with E-state index in [1.807, 2.05) is 0 Å². The summed E-state index contributed by atoms with van der Waals surface area (Å²) < 4.78 is 18.3. The van der Waals surface area contributed by atoms with Crippen LogP contribution in [0.3, 0.4) is 0 Å². The number of rotatable bonds is 1. The van der Waals surface area contributed by atoms with Crippen molar-refractivity contribution in [3.05, 3.63) is 29.6 Å². The van der Waals surface area contributed by atoms with Crippen molar-refractivity contribution in [3.63, 3.8) is 0 Å². The predicted octanol–water partition coefficient (Wildman–Crippen LogP) is 2.41. The molecule has 0 fully saturated rings. The van der Waals surface area contributed by atoms with Gasteiger partial charge in [0, 0.05) is 0 Å². The Bertz CT molecular complexity index is 524. The van der Waals surface area contributed by atoms with E-state index in [-0.39, 0.29) is 17.9 Å². The van der Waals surface area contributed by atoms with Gasteiger partial charge in [0.15, 0.2) is 0 Å². The highest BCUT2D eigenvalue weighted by molar-refractivity contribution is 5.68. The predicted molar refractivity (Wildman–Crippen MR) is 69.2 cm³/mol. The first-order valence-corrected chi connectivity index (χ1v) is 5.72. The Hall–Kier alpha value is -2.22. The van der Waals surface area contributed by atoms with Crippen molar-refractivity contribution in [3.8, 4) is 17.6 Å². The molecule has 5 heteroatoms. The fourth-order valence-corrected chi connectivity index (χ4v) is 1.18. The molecule has 0 bridgehead atoms. The van der Waals surface area contributed by atoms with Crippen LogP contribution in [0.25, 0.3) is 0 Å². The molecule has 0 aliphatic heterocycles. The van der Waals surface area contributed by atoms with Gasteiger partial charge in [-0.05, 0) is 39.0 Å². The number of carbonyl (C=O) groups is 1. The summed E-state index contributed by atoms with van der Waals surface area (Å²) in [6.07, 6.45) is -0.585. The van der Waals surface area contributed by atoms with Crippen LogP contribution >= 0.6 is 0 Å². The average molecular weight is 265 g/mol. The van der Waals surface area contributed by atoms with Gasteiger partial charge in [0.2, 0.25) is 0 Å². The number of carbonyl (C=O) groups excluding carboxylic acids is 1. The Morgan fingerprint density at radius 1 is 1.47 bits per heavy atom. The van der Waals surface area contributed by atoms with E-state index in [1.54, 1.807) is 20.8 Å². The summed E-state index contributed by atoms with van der Waals surface area (Å²) in [4.78, 5) is 11.3. The molecule has 0 saturated heterocycles. The number of hydrogen-bond donors (Lipinski definition) is 2. The Morgan fingerprint density at radius 2 is 2.16 bits per heavy atom. The molecule has 0 aliphatic carbocycles. The molecule has 0 heterocycles. The van der Waals surface area contributed by atoms with Crippen molar-refractivity contribution in [2.24, 2.45) is 0 Å². The highest BCUT2D eigenvalue weighted by Crippen LogP contribution is 2.13. The van der Waals surface area contributed by atoms with Gasteiger partial charge in [-0.2, -0.15) is 0 Å². The molecule has 19 heavy (non-hydrogen) atoms. The molecule has 0 spiro atoms. The van der Waals surface area contributed by atoms with Crippen LogP contribution in [0.4, 0.5) is 9.18 Å². The standard InChI is InChI=1S/C14H16FNO3/c1-14(2,3)19-13(18)16-8-4-5-10-9-11(17)6-7-12(10)15/h6-7,9,17H,8H2,1-3H3,(H,16,18). The smallest absolute Gasteiger partial charge is 0.408 e. The number of phenolic OH excluding ortho intramolecular Hbond substituents is 1. The average Bonchev–Trinajstić information content (AvgIpc) is 2.26. The third kappa shape index (κ3) is 5.77. The zero-order chi connectivity index (χ0) is 14.5. The molecule has 1 aromatic rings. The fourth-order valence-electron chi connectivity index (χ4n) is 1.18. The Morgan fingerprint density at radius 3 is 2.79 bits per heavy atom. The molecule has 0 unspecified atom stereocenters. The van der Waals surface area contributed by atoms with Crippen LogP contribution in [0.15, 0.2) is 18.2 Å². The summed E-state index contributed by atoms with van der Waals surface area (Å²) in [6.45, 7) is 5.28. The van der Waals surface area contributed by atoms with Gasteiger partial charge in [-0.15, -0.1) is 0 Å². The molecule has 0 aliphatic rings. The number of aromatic hydroxyl groups is 1. The molecule has 4 nitrogen and oxygen atoms in total. The van der Waals surface area contributed by atoms with E-state index in [0.717, 1.165) is 6.07 Å². The van der Waals surface area contributed by atoms with Gasteiger partial charge in [0.05, 0.1) is 12.1 Å². The van der Waals surface area contributed by atoms with E-state index >= 15 is 0 Å². The van der Waals surface area contributed by atoms with Crippen LogP contribution in [0.2, 0.25) is 0 Å². The summed E-state index contributed by atoms with van der Waals surface area (Å²) in [6, 6.07) is 3.58. The number of alkyl carbamates (subject to hydrolysis) is 1. The number of nitrogens with one attached hydrogen (secondary N) is 1. The first-order valence-electron chi connectivity index (χ1n) is 5.72. The number of amides is 1. The van der Waals surface area contributed by atoms with E-state index in [2.05, 4.69) is 17.2 Å². The zero-order valence-electron chi connectivity index (χ0n) is 11.1. The van der Waals surface area contributed by atoms with E-state index in [0.29, 0.717) is 0 Å². The summed E-state index contributed by atoms with van der Waals surface area (Å²) in [7, 11) is 0. The van der Waals surface area contributed by atoms with Crippen LogP contribution in [0, 0.1) is 17.7 Å². The summed E-state index contributed by atoms with van der Waals surface area (Å²) in [5, 5.41) is 11.6. The number of hydrogen-bond acceptors (Lipinski definition) is 3. The summed E-state index contributed by atoms with van der Waals surface area (Å²) >= 11 is 0. The van der Waals surface area contributed by atoms with Crippen molar-refractivity contribution in [1.29, 1.82) is 0 Å². The first kappa shape index (κ1) is 14.8. The molecular formula is C14H16FNO3. The maximum atomic E-state index is 13.3. The number of halogens is 1. The normalized spacial score (nSPS) is 10.3. The number of ether oxygens (including phenoxy) is 1. The van der Waals surface area contributed by atoms with Gasteiger partial charge in [-0.1, -0.05) is 11.8 Å². The Kier molecular flexibility index (Phi) is 4.76. The van der Waals surface area contributed by atoms with E-state index in [1.165, 1.54) is 12.1 Å². The zero-order valence-corrected chi connectivity index (χ0v) is 11.1. The fraction of sp³-hybridized carbons (Fsp3) is 0.357. The van der Waals surface area contributed by atoms with Gasteiger partial charge >= 0.3 is 6.09 Å². The minimum absolute atomic E-state index is 0.0318. The monoisotopic (exact) mass is 265 g/mol. The second-order valence-corrected chi connectivity index (χ2v) is 4.82. The molecular weight excluding hydrogens is 249 g/mol. The van der Waals surface area contributed by atoms with E-state index < -0.39 is 17.5 Å². The lowest BCUT2D eigenvalue weighted by molar-refractivity contribution is 0.0535. The quantitative estimate of drug-likeness (QED) is 0.767. The maximum Gasteiger partial charge on any atom is 0.408 e. The van der Waals surface area contributed by atoms with Gasteiger partial charge in [-0.3, -0.25) is 0 Å². The van der Waals surface area contributed by atoms with Crippen molar-refractivity contribution in [2.45, 2.75) is 26.4 Å². The number of benzene rings is 1. The second-order valence-electron chi connectivity index (χ2n) is 4.82. The van der Waals surface area contributed by atoms with Gasteiger partial charge in [0.25, 0.3) is 0 Å². The highest BCUT2D eigenvalue weighted by Gasteiger charge is 2.14. The van der Waals surface area contributed by atoms with Gasteiger partial charge < -0.3 is 15.2 Å². The van der Waals surface area contributed by atoms with E-state index in [4.69, 9.17) is 4.74 Å². The molecule has 0 aromatic heterocycles. The van der Waals surface area contributed by atoms with Crippen molar-refractivity contribution < 1.29 is 19.0 Å². The van der Waals surface area contributed by atoms with Crippen LogP contribution < -0.4 is 5.32 Å². The van der Waals surface area contributed by atoms with Crippen molar-refractivity contribution >= 4 is 6.09 Å². The molecule has 0 atom stereocenters. The minimum atomic E-state index is -0.585. The van der Waals surface area contributed by atoms with Crippen LogP contribution in [0.5, 0.6) is 5.75 Å². The van der Waals surface area contributed by atoms with E-state index in [9.17, 15) is 14.3 Å². The lowest BCUT2D eigenvalue weighted by Crippen LogP contribution is -2.32. The minimum Gasteiger partial charge on any atom is -0.508 e. The van der Waals surface area contributed by atoms with Crippen LogP contribution in [-0.2, 0) is 4.74 Å². The SMILES string of the molecule is CC(C)(C)OC(=O)NCC#Cc1cc(O)ccc1F. The lowest BCUT2D eigenvalue weighted by atomic mass is 10.2. The second kappa shape index (κ2) is 6.10. The van der Waals surface area contributed by atoms with Crippen molar-refractivity contribution in [2.75, 3.05) is 6.54 Å². The Balaban J connectivity index is 2.52. The highest BCUT2D eigenvalue weighted by atomic mass is 19.1. The third-order valence-electron chi connectivity index (χ3n) is 1.89. The maximum absolute atomic E-state index is 13.3. The number of phenols is 1. The lowest BCUT2D eigenvalue weighted by Gasteiger charge is -2.18. The van der Waals surface area contributed by atoms with Crippen molar-refractivity contribution in [1.82, 2.24) is 5.32 Å². The molecule has 0 saturated carbocycles. The molecule has 102 valence electrons. The topological polar surface area (TPSA) is 58.6 Å². The molecule has 1 rings (SSSR count). The molecule has 2 N–H and O–H groups in total. The molecule has 1 aromatic carbocycles. The Labute approximate surface area is 111 Å². The summed E-state index contributed by atoms with van der Waals surface area (Å²) in [5.41, 5.74) is -0.500. The third-order valence-corrected chi connectivity index (χ3v) is 1.89. The first-order chi connectivity index (χ1) is 8.78. The molecule has 1 amide bonds. The van der Waals surface area contributed by atoms with Crippen LogP contribution in [0.1, 0.15) is 26.3 Å². The van der Waals surface area contributed by atoms with Gasteiger partial charge in [-0.25, -0.2) is 9.18 Å². The summed E-state index contributed by atoms with van der Waals surface area (Å²) in [5.74, 6) is 4.50.